The van der Waals surface area contributed by atoms with Crippen LogP contribution in [0.5, 0.6) is 5.75 Å². The predicted molar refractivity (Wildman–Crippen MR) is 65.0 cm³/mol. The first-order chi connectivity index (χ1) is 6.92. The lowest BCUT2D eigenvalue weighted by Crippen LogP contribution is -2.22. The molecule has 0 bridgehead atoms. The summed E-state index contributed by atoms with van der Waals surface area (Å²) in [5.41, 5.74) is 2.03. The van der Waals surface area contributed by atoms with Crippen LogP contribution < -0.4 is 4.74 Å². The van der Waals surface area contributed by atoms with Gasteiger partial charge >= 0.3 is 0 Å². The zero-order chi connectivity index (χ0) is 11.5. The van der Waals surface area contributed by atoms with E-state index in [1.165, 1.54) is 0 Å². The Morgan fingerprint density at radius 1 is 1.13 bits per heavy atom. The maximum absolute atomic E-state index is 5.73. The Labute approximate surface area is 92.0 Å². The molecular formula is C13H19NO. The maximum atomic E-state index is 5.73. The van der Waals surface area contributed by atoms with Gasteiger partial charge in [0.2, 0.25) is 0 Å². The van der Waals surface area contributed by atoms with Gasteiger partial charge in [0.15, 0.2) is 0 Å². The fraction of sp³-hybridized carbons (Fsp3) is 0.462. The molecule has 0 radical (unpaired) electrons. The minimum absolute atomic E-state index is 0.143. The molecule has 0 N–H and O–H groups in total. The summed E-state index contributed by atoms with van der Waals surface area (Å²) in [5.74, 6) is 0.898. The van der Waals surface area contributed by atoms with E-state index < -0.39 is 0 Å². The molecule has 0 spiro atoms. The minimum Gasteiger partial charge on any atom is -0.488 e. The second-order valence-corrected chi connectivity index (χ2v) is 4.55. The van der Waals surface area contributed by atoms with Crippen LogP contribution in [-0.4, -0.2) is 18.4 Å². The summed E-state index contributed by atoms with van der Waals surface area (Å²) >= 11 is 0. The van der Waals surface area contributed by atoms with Crippen LogP contribution in [0.25, 0.3) is 0 Å². The van der Waals surface area contributed by atoms with Gasteiger partial charge in [0.1, 0.15) is 11.4 Å². The highest BCUT2D eigenvalue weighted by Gasteiger charge is 2.11. The van der Waals surface area contributed by atoms with Crippen molar-refractivity contribution in [1.29, 1.82) is 0 Å². The van der Waals surface area contributed by atoms with Gasteiger partial charge in [-0.05, 0) is 57.5 Å². The van der Waals surface area contributed by atoms with E-state index >= 15 is 0 Å². The Bertz CT molecular complexity index is 344. The molecule has 0 aromatic heterocycles. The van der Waals surface area contributed by atoms with E-state index in [4.69, 9.17) is 4.74 Å². The van der Waals surface area contributed by atoms with Crippen molar-refractivity contribution >= 4 is 5.71 Å². The number of ether oxygens (including phenoxy) is 1. The fourth-order valence-corrected chi connectivity index (χ4v) is 1.25. The molecule has 15 heavy (non-hydrogen) atoms. The van der Waals surface area contributed by atoms with Crippen LogP contribution in [0.4, 0.5) is 0 Å². The number of benzene rings is 1. The second-order valence-electron chi connectivity index (χ2n) is 4.55. The monoisotopic (exact) mass is 205 g/mol. The first-order valence-corrected chi connectivity index (χ1v) is 5.15. The molecule has 2 heteroatoms. The average Bonchev–Trinajstić information content (AvgIpc) is 2.15. The van der Waals surface area contributed by atoms with Crippen molar-refractivity contribution in [2.75, 3.05) is 7.05 Å². The van der Waals surface area contributed by atoms with Gasteiger partial charge < -0.3 is 4.74 Å². The predicted octanol–water partition coefficient (Wildman–Crippen LogP) is 3.30. The first kappa shape index (κ1) is 11.8. The molecule has 0 atom stereocenters. The van der Waals surface area contributed by atoms with Gasteiger partial charge in [-0.15, -0.1) is 0 Å². The summed E-state index contributed by atoms with van der Waals surface area (Å²) in [4.78, 5) is 4.14. The number of nitrogens with zero attached hydrogens (tertiary/aromatic N) is 1. The molecule has 0 heterocycles. The summed E-state index contributed by atoms with van der Waals surface area (Å²) in [6.45, 7) is 8.12. The maximum Gasteiger partial charge on any atom is 0.120 e. The van der Waals surface area contributed by atoms with E-state index in [0.29, 0.717) is 0 Å². The zero-order valence-electron chi connectivity index (χ0n) is 10.2. The summed E-state index contributed by atoms with van der Waals surface area (Å²) in [5, 5.41) is 0. The molecule has 0 saturated heterocycles. The van der Waals surface area contributed by atoms with Crippen molar-refractivity contribution < 1.29 is 4.74 Å². The molecule has 0 aliphatic carbocycles. The van der Waals surface area contributed by atoms with E-state index in [1.807, 2.05) is 52.0 Å². The molecule has 0 aliphatic rings. The third-order valence-electron chi connectivity index (χ3n) is 2.03. The van der Waals surface area contributed by atoms with E-state index in [-0.39, 0.29) is 5.60 Å². The molecule has 1 aromatic carbocycles. The van der Waals surface area contributed by atoms with Crippen LogP contribution in [0.1, 0.15) is 33.3 Å². The molecule has 0 fully saturated rings. The van der Waals surface area contributed by atoms with Crippen LogP contribution in [0.15, 0.2) is 29.3 Å². The van der Waals surface area contributed by atoms with Crippen LogP contribution in [0.2, 0.25) is 0 Å². The van der Waals surface area contributed by atoms with E-state index in [0.717, 1.165) is 17.0 Å². The molecule has 0 aliphatic heterocycles. The van der Waals surface area contributed by atoms with Crippen molar-refractivity contribution in [3.8, 4) is 5.75 Å². The lowest BCUT2D eigenvalue weighted by atomic mass is 10.1. The highest BCUT2D eigenvalue weighted by atomic mass is 16.5. The van der Waals surface area contributed by atoms with E-state index in [2.05, 4.69) is 4.99 Å². The molecule has 82 valence electrons. The number of rotatable bonds is 2. The van der Waals surface area contributed by atoms with Gasteiger partial charge in [-0.2, -0.15) is 0 Å². The Hall–Kier alpha value is -1.31. The van der Waals surface area contributed by atoms with Gasteiger partial charge in [0.05, 0.1) is 0 Å². The normalized spacial score (nSPS) is 12.7. The number of aliphatic imine (C=N–C) groups is 1. The molecular weight excluding hydrogens is 186 g/mol. The highest BCUT2D eigenvalue weighted by Crippen LogP contribution is 2.18. The number of hydrogen-bond donors (Lipinski definition) is 0. The van der Waals surface area contributed by atoms with Crippen molar-refractivity contribution in [2.45, 2.75) is 33.3 Å². The van der Waals surface area contributed by atoms with Crippen molar-refractivity contribution in [3.63, 3.8) is 0 Å². The smallest absolute Gasteiger partial charge is 0.120 e. The van der Waals surface area contributed by atoms with Gasteiger partial charge in [-0.25, -0.2) is 0 Å². The molecule has 1 aromatic rings. The van der Waals surface area contributed by atoms with Crippen LogP contribution in [-0.2, 0) is 0 Å². The topological polar surface area (TPSA) is 21.6 Å². The molecule has 0 saturated carbocycles. The van der Waals surface area contributed by atoms with E-state index in [1.54, 1.807) is 7.05 Å². The van der Waals surface area contributed by atoms with Crippen molar-refractivity contribution in [3.05, 3.63) is 29.8 Å². The average molecular weight is 205 g/mol. The fourth-order valence-electron chi connectivity index (χ4n) is 1.25. The Balaban J connectivity index is 2.82. The Morgan fingerprint density at radius 2 is 1.67 bits per heavy atom. The van der Waals surface area contributed by atoms with Crippen LogP contribution >= 0.6 is 0 Å². The van der Waals surface area contributed by atoms with Gasteiger partial charge in [-0.1, -0.05) is 0 Å². The third kappa shape index (κ3) is 3.74. The summed E-state index contributed by atoms with van der Waals surface area (Å²) < 4.78 is 5.73. The SMILES string of the molecule is C/N=C(\C)c1ccc(OC(C)(C)C)cc1. The van der Waals surface area contributed by atoms with Gasteiger partial charge in [-0.3, -0.25) is 4.99 Å². The molecule has 2 nitrogen and oxygen atoms in total. The standard InChI is InChI=1S/C13H19NO/c1-10(14-5)11-6-8-12(9-7-11)15-13(2,3)4/h6-9H,1-5H3/b14-10+. The molecule has 0 amide bonds. The lowest BCUT2D eigenvalue weighted by Gasteiger charge is -2.21. The quantitative estimate of drug-likeness (QED) is 0.679. The third-order valence-corrected chi connectivity index (χ3v) is 2.03. The largest absolute Gasteiger partial charge is 0.488 e. The molecule has 0 unspecified atom stereocenters. The second kappa shape index (κ2) is 4.47. The Kier molecular flexibility index (Phi) is 3.51. The van der Waals surface area contributed by atoms with Gasteiger partial charge in [0, 0.05) is 12.8 Å². The van der Waals surface area contributed by atoms with E-state index in [9.17, 15) is 0 Å². The summed E-state index contributed by atoms with van der Waals surface area (Å²) in [6.07, 6.45) is 0. The molecule has 1 rings (SSSR count). The summed E-state index contributed by atoms with van der Waals surface area (Å²) in [7, 11) is 1.80. The van der Waals surface area contributed by atoms with Crippen LogP contribution in [0, 0.1) is 0 Å². The van der Waals surface area contributed by atoms with Crippen LogP contribution in [0.3, 0.4) is 0 Å². The first-order valence-electron chi connectivity index (χ1n) is 5.15. The highest BCUT2D eigenvalue weighted by molar-refractivity contribution is 5.98. The number of hydrogen-bond acceptors (Lipinski definition) is 2. The lowest BCUT2D eigenvalue weighted by molar-refractivity contribution is 0.131. The Morgan fingerprint density at radius 3 is 2.07 bits per heavy atom. The zero-order valence-corrected chi connectivity index (χ0v) is 10.2. The summed E-state index contributed by atoms with van der Waals surface area (Å²) in [6, 6.07) is 8.03. The van der Waals surface area contributed by atoms with Crippen molar-refractivity contribution in [1.82, 2.24) is 0 Å². The van der Waals surface area contributed by atoms with Crippen molar-refractivity contribution in [2.24, 2.45) is 4.99 Å². The minimum atomic E-state index is -0.143. The van der Waals surface area contributed by atoms with Gasteiger partial charge in [0.25, 0.3) is 0 Å².